The molecule has 2 fully saturated rings. The Labute approximate surface area is 155 Å². The van der Waals surface area contributed by atoms with Crippen LogP contribution < -0.4 is 0 Å². The van der Waals surface area contributed by atoms with Gasteiger partial charge in [0.2, 0.25) is 5.91 Å². The van der Waals surface area contributed by atoms with Crippen LogP contribution in [-0.4, -0.2) is 52.8 Å². The van der Waals surface area contributed by atoms with E-state index >= 15 is 0 Å². The molecule has 0 spiro atoms. The van der Waals surface area contributed by atoms with E-state index in [1.165, 1.54) is 6.42 Å². The van der Waals surface area contributed by atoms with Gasteiger partial charge in [0.1, 0.15) is 5.76 Å². The number of carbonyl (C=O) groups excluding carboxylic acids is 2. The van der Waals surface area contributed by atoms with Crippen LogP contribution in [0.1, 0.15) is 80.9 Å². The summed E-state index contributed by atoms with van der Waals surface area (Å²) in [5, 5.41) is 0. The molecule has 0 N–H and O–H groups in total. The Kier molecular flexibility index (Phi) is 5.39. The molecule has 6 nitrogen and oxygen atoms in total. The molecule has 0 unspecified atom stereocenters. The zero-order valence-corrected chi connectivity index (χ0v) is 16.5. The molecule has 0 aromatic carbocycles. The summed E-state index contributed by atoms with van der Waals surface area (Å²) in [4.78, 5) is 33.5. The lowest BCUT2D eigenvalue weighted by molar-refractivity contribution is -0.140. The van der Waals surface area contributed by atoms with Crippen molar-refractivity contribution in [2.24, 2.45) is 5.41 Å². The van der Waals surface area contributed by atoms with Crippen molar-refractivity contribution in [3.63, 3.8) is 0 Å². The highest BCUT2D eigenvalue weighted by Gasteiger charge is 2.33. The number of oxazole rings is 1. The van der Waals surface area contributed by atoms with Gasteiger partial charge in [0.25, 0.3) is 5.91 Å². The first kappa shape index (κ1) is 18.9. The first-order valence-corrected chi connectivity index (χ1v) is 9.83. The van der Waals surface area contributed by atoms with Gasteiger partial charge in [-0.2, -0.15) is 0 Å². The third-order valence-corrected chi connectivity index (χ3v) is 5.43. The average molecular weight is 361 g/mol. The lowest BCUT2D eigenvalue weighted by atomic mass is 9.91. The molecule has 0 aliphatic carbocycles. The van der Waals surface area contributed by atoms with Crippen LogP contribution in [0.4, 0.5) is 0 Å². The molecule has 1 aromatic rings. The highest BCUT2D eigenvalue weighted by Crippen LogP contribution is 2.31. The molecule has 26 heavy (non-hydrogen) atoms. The van der Waals surface area contributed by atoms with Crippen molar-refractivity contribution in [2.75, 3.05) is 26.2 Å². The number of rotatable bonds is 2. The summed E-state index contributed by atoms with van der Waals surface area (Å²) in [6.45, 7) is 10.8. The fraction of sp³-hybridized carbons (Fsp3) is 0.750. The van der Waals surface area contributed by atoms with Gasteiger partial charge in [-0.1, -0.05) is 20.8 Å². The Bertz CT molecular complexity index is 660. The van der Waals surface area contributed by atoms with Crippen molar-refractivity contribution in [1.82, 2.24) is 14.8 Å². The van der Waals surface area contributed by atoms with Crippen LogP contribution in [0.25, 0.3) is 0 Å². The molecule has 144 valence electrons. The summed E-state index contributed by atoms with van der Waals surface area (Å²) in [6, 6.07) is 0. The second-order valence-electron chi connectivity index (χ2n) is 8.63. The highest BCUT2D eigenvalue weighted by atomic mass is 16.4. The van der Waals surface area contributed by atoms with E-state index in [0.717, 1.165) is 51.9 Å². The van der Waals surface area contributed by atoms with Crippen molar-refractivity contribution in [3.05, 3.63) is 17.3 Å². The summed E-state index contributed by atoms with van der Waals surface area (Å²) < 4.78 is 5.87. The van der Waals surface area contributed by atoms with Gasteiger partial charge in [0.05, 0.1) is 0 Å². The van der Waals surface area contributed by atoms with Crippen molar-refractivity contribution >= 4 is 11.8 Å². The van der Waals surface area contributed by atoms with E-state index in [4.69, 9.17) is 4.42 Å². The molecule has 6 heteroatoms. The zero-order valence-electron chi connectivity index (χ0n) is 16.5. The van der Waals surface area contributed by atoms with E-state index in [-0.39, 0.29) is 23.1 Å². The number of piperidine rings is 2. The molecule has 2 saturated heterocycles. The van der Waals surface area contributed by atoms with E-state index in [1.807, 2.05) is 37.5 Å². The van der Waals surface area contributed by atoms with E-state index < -0.39 is 0 Å². The van der Waals surface area contributed by atoms with Crippen molar-refractivity contribution in [3.8, 4) is 0 Å². The minimum atomic E-state index is -0.347. The fourth-order valence-electron chi connectivity index (χ4n) is 3.84. The molecule has 2 aliphatic heterocycles. The molecular formula is C20H31N3O3. The van der Waals surface area contributed by atoms with Gasteiger partial charge in [-0.05, 0) is 39.0 Å². The van der Waals surface area contributed by atoms with Crippen LogP contribution in [0.5, 0.6) is 0 Å². The Balaban J connectivity index is 1.65. The van der Waals surface area contributed by atoms with Gasteiger partial charge in [0.15, 0.2) is 11.6 Å². The molecule has 3 rings (SSSR count). The normalized spacial score (nSPS) is 19.7. The standard InChI is InChI=1S/C20H31N3O3/c1-14-16(18(24)22-10-6-5-7-11-22)21-17(26-14)15-8-12-23(13-9-15)19(25)20(2,3)4/h15H,5-13H2,1-4H3. The minimum absolute atomic E-state index is 0.00227. The number of nitrogens with zero attached hydrogens (tertiary/aromatic N) is 3. The lowest BCUT2D eigenvalue weighted by Crippen LogP contribution is -2.43. The maximum Gasteiger partial charge on any atom is 0.276 e. The van der Waals surface area contributed by atoms with Crippen LogP contribution in [0.2, 0.25) is 0 Å². The quantitative estimate of drug-likeness (QED) is 0.810. The maximum absolute atomic E-state index is 12.7. The third kappa shape index (κ3) is 3.94. The van der Waals surface area contributed by atoms with Gasteiger partial charge in [-0.25, -0.2) is 4.98 Å². The Morgan fingerprint density at radius 1 is 1.00 bits per heavy atom. The second-order valence-corrected chi connectivity index (χ2v) is 8.63. The number of amides is 2. The van der Waals surface area contributed by atoms with Gasteiger partial charge in [0, 0.05) is 37.5 Å². The molecule has 1 aromatic heterocycles. The first-order chi connectivity index (χ1) is 12.3. The van der Waals surface area contributed by atoms with E-state index in [9.17, 15) is 9.59 Å². The van der Waals surface area contributed by atoms with E-state index in [2.05, 4.69) is 4.98 Å². The molecule has 2 aliphatic rings. The van der Waals surface area contributed by atoms with Crippen LogP contribution in [0.15, 0.2) is 4.42 Å². The maximum atomic E-state index is 12.7. The summed E-state index contributed by atoms with van der Waals surface area (Å²) in [6.07, 6.45) is 4.99. The van der Waals surface area contributed by atoms with Crippen LogP contribution in [-0.2, 0) is 4.79 Å². The Hall–Kier alpha value is -1.85. The Morgan fingerprint density at radius 2 is 1.62 bits per heavy atom. The summed E-state index contributed by atoms with van der Waals surface area (Å²) >= 11 is 0. The second kappa shape index (κ2) is 7.41. The van der Waals surface area contributed by atoms with Gasteiger partial charge >= 0.3 is 0 Å². The van der Waals surface area contributed by atoms with Crippen LogP contribution in [0.3, 0.4) is 0 Å². The van der Waals surface area contributed by atoms with Crippen molar-refractivity contribution < 1.29 is 14.0 Å². The van der Waals surface area contributed by atoms with Gasteiger partial charge < -0.3 is 14.2 Å². The Morgan fingerprint density at radius 3 is 2.19 bits per heavy atom. The van der Waals surface area contributed by atoms with Crippen molar-refractivity contribution in [1.29, 1.82) is 0 Å². The predicted octanol–water partition coefficient (Wildman–Crippen LogP) is 3.36. The largest absolute Gasteiger partial charge is 0.445 e. The molecule has 0 saturated carbocycles. The highest BCUT2D eigenvalue weighted by molar-refractivity contribution is 5.93. The molecular weight excluding hydrogens is 330 g/mol. The van der Waals surface area contributed by atoms with E-state index in [0.29, 0.717) is 17.3 Å². The number of likely N-dealkylation sites (tertiary alicyclic amines) is 2. The average Bonchev–Trinajstić information content (AvgIpc) is 3.02. The monoisotopic (exact) mass is 361 g/mol. The molecule has 2 amide bonds. The minimum Gasteiger partial charge on any atom is -0.445 e. The summed E-state index contributed by atoms with van der Waals surface area (Å²) in [7, 11) is 0. The predicted molar refractivity (Wildman–Crippen MR) is 99.0 cm³/mol. The molecule has 0 atom stereocenters. The van der Waals surface area contributed by atoms with Crippen LogP contribution >= 0.6 is 0 Å². The number of aromatic nitrogens is 1. The van der Waals surface area contributed by atoms with Crippen LogP contribution in [0, 0.1) is 12.3 Å². The van der Waals surface area contributed by atoms with E-state index in [1.54, 1.807) is 0 Å². The number of hydrogen-bond acceptors (Lipinski definition) is 4. The number of aryl methyl sites for hydroxylation is 1. The zero-order chi connectivity index (χ0) is 18.9. The molecule has 0 bridgehead atoms. The number of hydrogen-bond donors (Lipinski definition) is 0. The molecule has 3 heterocycles. The lowest BCUT2D eigenvalue weighted by Gasteiger charge is -2.34. The summed E-state index contributed by atoms with van der Waals surface area (Å²) in [5.41, 5.74) is 0.121. The van der Waals surface area contributed by atoms with Crippen molar-refractivity contribution in [2.45, 2.75) is 65.7 Å². The van der Waals surface area contributed by atoms with Gasteiger partial charge in [-0.15, -0.1) is 0 Å². The van der Waals surface area contributed by atoms with Gasteiger partial charge in [-0.3, -0.25) is 9.59 Å². The topological polar surface area (TPSA) is 66.7 Å². The number of carbonyl (C=O) groups is 2. The third-order valence-electron chi connectivity index (χ3n) is 5.43. The fourth-order valence-corrected chi connectivity index (χ4v) is 3.84. The molecule has 0 radical (unpaired) electrons. The summed E-state index contributed by atoms with van der Waals surface area (Å²) in [5.74, 6) is 1.65. The smallest absolute Gasteiger partial charge is 0.276 e. The SMILES string of the molecule is Cc1oc(C2CCN(C(=O)C(C)(C)C)CC2)nc1C(=O)N1CCCCC1. The first-order valence-electron chi connectivity index (χ1n) is 9.83.